The monoisotopic (exact) mass is 520 g/mol. The molecular formula is C27H21O7PS. The van der Waals surface area contributed by atoms with Crippen LogP contribution in [0.2, 0.25) is 0 Å². The maximum atomic E-state index is 13.6. The van der Waals surface area contributed by atoms with Crippen molar-refractivity contribution in [2.45, 2.75) is 32.8 Å². The van der Waals surface area contributed by atoms with Crippen molar-refractivity contribution in [3.8, 4) is 0 Å². The minimum Gasteiger partial charge on any atom is -0.324 e. The third-order valence-electron chi connectivity index (χ3n) is 7.23. The molecule has 36 heavy (non-hydrogen) atoms. The van der Waals surface area contributed by atoms with E-state index in [1.165, 1.54) is 0 Å². The van der Waals surface area contributed by atoms with E-state index in [9.17, 15) is 28.6 Å². The number of rotatable bonds is 3. The Balaban J connectivity index is 1.54. The quantitative estimate of drug-likeness (QED) is 0.354. The Morgan fingerprint density at radius 2 is 1.44 bits per heavy atom. The first-order valence-corrected chi connectivity index (χ1v) is 14.1. The standard InChI is InChI=1S/C27H21O7PS/c1-27(2)12-35(32,33)34-18(27)10-8-13-7-9-16-17(11-13)22(29)20-19-21(28)14-5-3-4-6-15(14)23(30)25(19)36-26(20)24(16)31/h3-7,9,11,18H,8,10,12H2,1-2H3,(H,32,33). The largest absolute Gasteiger partial charge is 0.329 e. The van der Waals surface area contributed by atoms with Crippen molar-refractivity contribution in [3.63, 3.8) is 0 Å². The molecular weight excluding hydrogens is 499 g/mol. The zero-order valence-electron chi connectivity index (χ0n) is 19.5. The molecule has 1 fully saturated rings. The normalized spacial score (nSPS) is 21.8. The van der Waals surface area contributed by atoms with Gasteiger partial charge in [0, 0.05) is 27.0 Å². The van der Waals surface area contributed by atoms with Crippen LogP contribution in [-0.4, -0.2) is 17.2 Å². The molecule has 4 aromatic carbocycles. The fourth-order valence-electron chi connectivity index (χ4n) is 5.45. The van der Waals surface area contributed by atoms with Gasteiger partial charge < -0.3 is 9.42 Å². The molecule has 0 saturated carbocycles. The van der Waals surface area contributed by atoms with E-state index in [1.807, 2.05) is 13.8 Å². The van der Waals surface area contributed by atoms with E-state index in [1.54, 1.807) is 42.5 Å². The van der Waals surface area contributed by atoms with Crippen LogP contribution in [0, 0.1) is 5.41 Å². The van der Waals surface area contributed by atoms with Crippen molar-refractivity contribution in [2.24, 2.45) is 5.41 Å². The van der Waals surface area contributed by atoms with Crippen molar-refractivity contribution >= 4 is 60.6 Å². The average Bonchev–Trinajstić information content (AvgIpc) is 3.34. The summed E-state index contributed by atoms with van der Waals surface area (Å²) in [4.78, 5) is 63.3. The molecule has 2 heterocycles. The summed E-state index contributed by atoms with van der Waals surface area (Å²) in [5.74, 6) is 0. The third kappa shape index (κ3) is 3.36. The SMILES string of the molecule is CC1(C)CP(=O)(O)OC1CCc1ccc2c(=O)c3sc4c(=O)c5ccccc5c(=O)c4c3c(=O)c2c1. The zero-order chi connectivity index (χ0) is 25.6. The molecule has 0 aliphatic carbocycles. The van der Waals surface area contributed by atoms with Crippen LogP contribution in [0.15, 0.2) is 61.6 Å². The van der Waals surface area contributed by atoms with Crippen LogP contribution in [-0.2, 0) is 15.5 Å². The second-order valence-electron chi connectivity index (χ2n) is 10.2. The summed E-state index contributed by atoms with van der Waals surface area (Å²) in [6.07, 6.45) is 0.619. The van der Waals surface area contributed by atoms with Gasteiger partial charge in [-0.2, -0.15) is 0 Å². The Hall–Kier alpha value is -3.03. The summed E-state index contributed by atoms with van der Waals surface area (Å²) in [5.41, 5.74) is -1.29. The van der Waals surface area contributed by atoms with Gasteiger partial charge in [0.2, 0.25) is 10.9 Å². The molecule has 5 aromatic rings. The molecule has 1 aromatic heterocycles. The second-order valence-corrected chi connectivity index (χ2v) is 13.0. The van der Waals surface area contributed by atoms with Crippen LogP contribution in [0.5, 0.6) is 0 Å². The highest BCUT2D eigenvalue weighted by Gasteiger charge is 2.47. The van der Waals surface area contributed by atoms with Gasteiger partial charge >= 0.3 is 7.60 Å². The average molecular weight is 520 g/mol. The van der Waals surface area contributed by atoms with E-state index in [-0.39, 0.29) is 58.7 Å². The van der Waals surface area contributed by atoms with Gasteiger partial charge in [-0.3, -0.25) is 23.7 Å². The predicted octanol–water partition coefficient (Wildman–Crippen LogP) is 4.22. The number of thiophene rings is 1. The molecule has 2 unspecified atom stereocenters. The maximum absolute atomic E-state index is 13.6. The van der Waals surface area contributed by atoms with Gasteiger partial charge in [-0.05, 0) is 30.5 Å². The lowest BCUT2D eigenvalue weighted by Crippen LogP contribution is -2.27. The Bertz CT molecular complexity index is 2010. The number of hydrogen-bond donors (Lipinski definition) is 1. The summed E-state index contributed by atoms with van der Waals surface area (Å²) >= 11 is 0.912. The molecule has 7 nitrogen and oxygen atoms in total. The first kappa shape index (κ1) is 23.4. The minimum absolute atomic E-state index is 0.0129. The van der Waals surface area contributed by atoms with Gasteiger partial charge in [0.25, 0.3) is 0 Å². The Morgan fingerprint density at radius 1 is 0.889 bits per heavy atom. The molecule has 0 amide bonds. The molecule has 182 valence electrons. The summed E-state index contributed by atoms with van der Waals surface area (Å²) < 4.78 is 17.7. The van der Waals surface area contributed by atoms with Crippen molar-refractivity contribution < 1.29 is 14.0 Å². The second kappa shape index (κ2) is 7.73. The van der Waals surface area contributed by atoms with Crippen molar-refractivity contribution in [3.05, 3.63) is 88.9 Å². The van der Waals surface area contributed by atoms with E-state index in [0.717, 1.165) is 16.9 Å². The molecule has 9 heteroatoms. The fourth-order valence-corrected chi connectivity index (χ4v) is 8.75. The van der Waals surface area contributed by atoms with Crippen LogP contribution >= 0.6 is 18.9 Å². The lowest BCUT2D eigenvalue weighted by atomic mass is 9.85. The zero-order valence-corrected chi connectivity index (χ0v) is 21.2. The maximum Gasteiger partial charge on any atom is 0.329 e. The lowest BCUT2D eigenvalue weighted by Gasteiger charge is -2.23. The third-order valence-corrected chi connectivity index (χ3v) is 10.2. The minimum atomic E-state index is -3.61. The first-order chi connectivity index (χ1) is 17.0. The number of fused-ring (bicyclic) bond motifs is 5. The number of aryl methyl sites for hydroxylation is 1. The highest BCUT2D eigenvalue weighted by molar-refractivity contribution is 7.53. The lowest BCUT2D eigenvalue weighted by molar-refractivity contribution is 0.114. The molecule has 1 saturated heterocycles. The number of hydrogen-bond acceptors (Lipinski definition) is 7. The fraction of sp³-hybridized carbons (Fsp3) is 0.259. The van der Waals surface area contributed by atoms with Gasteiger partial charge in [-0.1, -0.05) is 44.2 Å². The predicted molar refractivity (Wildman–Crippen MR) is 143 cm³/mol. The van der Waals surface area contributed by atoms with E-state index in [2.05, 4.69) is 0 Å². The highest BCUT2D eigenvalue weighted by atomic mass is 32.1. The molecule has 1 aliphatic heterocycles. The summed E-state index contributed by atoms with van der Waals surface area (Å²) in [6.45, 7) is 3.78. The van der Waals surface area contributed by atoms with Crippen LogP contribution < -0.4 is 21.7 Å². The summed E-state index contributed by atoms with van der Waals surface area (Å²) in [7, 11) is -3.61. The highest BCUT2D eigenvalue weighted by Crippen LogP contribution is 2.58. The van der Waals surface area contributed by atoms with E-state index in [0.29, 0.717) is 12.8 Å². The van der Waals surface area contributed by atoms with Gasteiger partial charge in [0.15, 0.2) is 10.9 Å². The van der Waals surface area contributed by atoms with Crippen molar-refractivity contribution in [2.75, 3.05) is 6.16 Å². The molecule has 0 radical (unpaired) electrons. The van der Waals surface area contributed by atoms with Crippen LogP contribution in [0.4, 0.5) is 0 Å². The first-order valence-electron chi connectivity index (χ1n) is 11.6. The Morgan fingerprint density at radius 3 is 2.03 bits per heavy atom. The van der Waals surface area contributed by atoms with Crippen LogP contribution in [0.1, 0.15) is 25.8 Å². The van der Waals surface area contributed by atoms with E-state index in [4.69, 9.17) is 4.52 Å². The van der Waals surface area contributed by atoms with Gasteiger partial charge in [-0.25, -0.2) is 0 Å². The molecule has 2 atom stereocenters. The van der Waals surface area contributed by atoms with Gasteiger partial charge in [0.1, 0.15) is 0 Å². The van der Waals surface area contributed by atoms with Crippen molar-refractivity contribution in [1.82, 2.24) is 0 Å². The topological polar surface area (TPSA) is 115 Å². The van der Waals surface area contributed by atoms with E-state index < -0.39 is 30.0 Å². The molecule has 6 rings (SSSR count). The summed E-state index contributed by atoms with van der Waals surface area (Å²) in [5, 5.41) is 0.981. The van der Waals surface area contributed by atoms with Gasteiger partial charge in [-0.15, -0.1) is 11.3 Å². The van der Waals surface area contributed by atoms with E-state index >= 15 is 0 Å². The summed E-state index contributed by atoms with van der Waals surface area (Å²) in [6, 6.07) is 11.5. The van der Waals surface area contributed by atoms with Crippen LogP contribution in [0.3, 0.4) is 0 Å². The smallest absolute Gasteiger partial charge is 0.324 e. The van der Waals surface area contributed by atoms with Crippen LogP contribution in [0.25, 0.3) is 41.7 Å². The molecule has 1 N–H and O–H groups in total. The molecule has 1 aliphatic rings. The number of benzene rings is 4. The molecule has 0 bridgehead atoms. The van der Waals surface area contributed by atoms with Gasteiger partial charge in [0.05, 0.1) is 32.4 Å². The van der Waals surface area contributed by atoms with Crippen molar-refractivity contribution in [1.29, 1.82) is 0 Å². The Kier molecular flexibility index (Phi) is 5.02. The molecule has 0 spiro atoms. The Labute approximate surface area is 207 Å².